The van der Waals surface area contributed by atoms with Crippen molar-refractivity contribution in [2.24, 2.45) is 0 Å². The van der Waals surface area contributed by atoms with Crippen molar-refractivity contribution < 1.29 is 17.9 Å². The molecule has 154 valence electrons. The summed E-state index contributed by atoms with van der Waals surface area (Å²) in [7, 11) is 1.59. The number of ether oxygens (including phenoxy) is 1. The molecule has 0 atom stereocenters. The van der Waals surface area contributed by atoms with E-state index >= 15 is 0 Å². The van der Waals surface area contributed by atoms with Crippen molar-refractivity contribution in [3.05, 3.63) is 59.4 Å². The van der Waals surface area contributed by atoms with Crippen molar-refractivity contribution in [2.45, 2.75) is 20.0 Å². The summed E-state index contributed by atoms with van der Waals surface area (Å²) in [5, 5.41) is 4.62. The van der Waals surface area contributed by atoms with Crippen molar-refractivity contribution in [1.82, 2.24) is 19.6 Å². The molecule has 9 heteroatoms. The number of hydrogen-bond acceptors (Lipinski definition) is 5. The van der Waals surface area contributed by atoms with E-state index in [0.717, 1.165) is 17.2 Å². The molecule has 0 aliphatic heterocycles. The minimum absolute atomic E-state index is 0.229. The van der Waals surface area contributed by atoms with E-state index in [1.165, 1.54) is 10.7 Å². The van der Waals surface area contributed by atoms with Crippen LogP contribution in [0, 0.1) is 13.8 Å². The van der Waals surface area contributed by atoms with Gasteiger partial charge in [0, 0.05) is 17.3 Å². The summed E-state index contributed by atoms with van der Waals surface area (Å²) in [6.07, 6.45) is -3.32. The molecule has 1 aromatic carbocycles. The smallest absolute Gasteiger partial charge is 0.419 e. The molecule has 0 amide bonds. The number of pyridine rings is 1. The van der Waals surface area contributed by atoms with Gasteiger partial charge in [-0.2, -0.15) is 18.3 Å². The molecule has 4 aromatic rings. The number of nitrogens with two attached hydrogens (primary N) is 1. The maximum Gasteiger partial charge on any atom is 0.419 e. The summed E-state index contributed by atoms with van der Waals surface area (Å²) < 4.78 is 46.8. The van der Waals surface area contributed by atoms with Gasteiger partial charge in [0.05, 0.1) is 29.8 Å². The average molecular weight is 413 g/mol. The number of methoxy groups -OCH3 is 1. The molecule has 0 saturated heterocycles. The molecule has 0 spiro atoms. The van der Waals surface area contributed by atoms with Crippen molar-refractivity contribution in [2.75, 3.05) is 12.8 Å². The Bertz CT molecular complexity index is 1260. The Kier molecular flexibility index (Phi) is 4.60. The van der Waals surface area contributed by atoms with Crippen LogP contribution < -0.4 is 10.5 Å². The van der Waals surface area contributed by atoms with Gasteiger partial charge in [0.25, 0.3) is 0 Å². The van der Waals surface area contributed by atoms with Gasteiger partial charge >= 0.3 is 6.18 Å². The number of alkyl halides is 3. The highest BCUT2D eigenvalue weighted by Crippen LogP contribution is 2.36. The fourth-order valence-corrected chi connectivity index (χ4v) is 3.34. The minimum atomic E-state index is -4.61. The van der Waals surface area contributed by atoms with Gasteiger partial charge in [-0.05, 0) is 43.7 Å². The third-order valence-electron chi connectivity index (χ3n) is 4.85. The predicted molar refractivity (Wildman–Crippen MR) is 107 cm³/mol. The normalized spacial score (nSPS) is 11.8. The fourth-order valence-electron chi connectivity index (χ4n) is 3.34. The Hall–Kier alpha value is -3.62. The second-order valence-corrected chi connectivity index (χ2v) is 6.87. The van der Waals surface area contributed by atoms with Crippen LogP contribution in [0.15, 0.2) is 42.6 Å². The van der Waals surface area contributed by atoms with Crippen LogP contribution in [0.5, 0.6) is 5.75 Å². The molecule has 0 aliphatic rings. The topological polar surface area (TPSA) is 78.3 Å². The molecule has 3 heterocycles. The van der Waals surface area contributed by atoms with Gasteiger partial charge in [-0.1, -0.05) is 12.1 Å². The van der Waals surface area contributed by atoms with Gasteiger partial charge in [0.2, 0.25) is 0 Å². The first-order chi connectivity index (χ1) is 14.2. The standard InChI is InChI=1S/C21H18F3N5O/c1-11-4-5-13(9-17(11)30-3)16-6-7-18-27-12(2)19(29(18)28-16)14-8-15(21(22,23)24)20(25)26-10-14/h4-10H,1-3H3,(H2,25,26). The zero-order chi connectivity index (χ0) is 21.6. The summed E-state index contributed by atoms with van der Waals surface area (Å²) in [6.45, 7) is 3.64. The van der Waals surface area contributed by atoms with Crippen LogP contribution in [0.4, 0.5) is 19.0 Å². The van der Waals surface area contributed by atoms with E-state index in [1.807, 2.05) is 25.1 Å². The number of fused-ring (bicyclic) bond motifs is 1. The number of benzene rings is 1. The Morgan fingerprint density at radius 2 is 1.80 bits per heavy atom. The molecule has 6 nitrogen and oxygen atoms in total. The first-order valence-electron chi connectivity index (χ1n) is 9.03. The van der Waals surface area contributed by atoms with Gasteiger partial charge < -0.3 is 10.5 Å². The highest BCUT2D eigenvalue weighted by atomic mass is 19.4. The van der Waals surface area contributed by atoms with E-state index in [1.54, 1.807) is 26.2 Å². The van der Waals surface area contributed by atoms with E-state index in [4.69, 9.17) is 10.5 Å². The lowest BCUT2D eigenvalue weighted by Crippen LogP contribution is -2.11. The summed E-state index contributed by atoms with van der Waals surface area (Å²) in [4.78, 5) is 8.16. The highest BCUT2D eigenvalue weighted by Gasteiger charge is 2.34. The van der Waals surface area contributed by atoms with Crippen molar-refractivity contribution in [1.29, 1.82) is 0 Å². The summed E-state index contributed by atoms with van der Waals surface area (Å²) in [5.41, 5.74) is 8.55. The van der Waals surface area contributed by atoms with Gasteiger partial charge in [-0.25, -0.2) is 14.5 Å². The van der Waals surface area contributed by atoms with E-state index < -0.39 is 17.6 Å². The van der Waals surface area contributed by atoms with Crippen LogP contribution in [0.2, 0.25) is 0 Å². The van der Waals surface area contributed by atoms with Crippen LogP contribution >= 0.6 is 0 Å². The molecular weight excluding hydrogens is 395 g/mol. The average Bonchev–Trinajstić information content (AvgIpc) is 3.03. The molecular formula is C21H18F3N5O. The highest BCUT2D eigenvalue weighted by molar-refractivity contribution is 5.70. The molecule has 0 radical (unpaired) electrons. The Balaban J connectivity index is 1.90. The molecule has 2 N–H and O–H groups in total. The lowest BCUT2D eigenvalue weighted by Gasteiger charge is -2.11. The van der Waals surface area contributed by atoms with Gasteiger partial charge in [-0.3, -0.25) is 0 Å². The number of imidazole rings is 1. The third kappa shape index (κ3) is 3.32. The maximum absolute atomic E-state index is 13.3. The van der Waals surface area contributed by atoms with Crippen LogP contribution in [0.1, 0.15) is 16.8 Å². The SMILES string of the molecule is COc1cc(-c2ccc3nc(C)c(-c4cnc(N)c(C(F)(F)F)c4)n3n2)ccc1C. The Morgan fingerprint density at radius 3 is 2.50 bits per heavy atom. The lowest BCUT2D eigenvalue weighted by molar-refractivity contribution is -0.137. The summed E-state index contributed by atoms with van der Waals surface area (Å²) in [6, 6.07) is 10.2. The number of halogens is 3. The number of aryl methyl sites for hydroxylation is 2. The van der Waals surface area contributed by atoms with Crippen LogP contribution in [-0.2, 0) is 6.18 Å². The van der Waals surface area contributed by atoms with E-state index in [2.05, 4.69) is 15.1 Å². The zero-order valence-corrected chi connectivity index (χ0v) is 16.4. The van der Waals surface area contributed by atoms with Gasteiger partial charge in [0.1, 0.15) is 11.6 Å². The largest absolute Gasteiger partial charge is 0.496 e. The third-order valence-corrected chi connectivity index (χ3v) is 4.85. The predicted octanol–water partition coefficient (Wildman–Crippen LogP) is 4.68. The van der Waals surface area contributed by atoms with Crippen LogP contribution in [-0.4, -0.2) is 26.7 Å². The molecule has 3 aromatic heterocycles. The first kappa shape index (κ1) is 19.7. The zero-order valence-electron chi connectivity index (χ0n) is 16.4. The summed E-state index contributed by atoms with van der Waals surface area (Å²) in [5.74, 6) is 0.145. The number of hydrogen-bond donors (Lipinski definition) is 1. The lowest BCUT2D eigenvalue weighted by atomic mass is 10.1. The van der Waals surface area contributed by atoms with Crippen LogP contribution in [0.3, 0.4) is 0 Å². The number of nitrogens with zero attached hydrogens (tertiary/aromatic N) is 4. The van der Waals surface area contributed by atoms with E-state index in [-0.39, 0.29) is 5.56 Å². The van der Waals surface area contributed by atoms with Crippen LogP contribution in [0.25, 0.3) is 28.2 Å². The molecule has 0 fully saturated rings. The quantitative estimate of drug-likeness (QED) is 0.527. The molecule has 30 heavy (non-hydrogen) atoms. The minimum Gasteiger partial charge on any atom is -0.496 e. The first-order valence-corrected chi connectivity index (χ1v) is 9.03. The van der Waals surface area contributed by atoms with Crippen molar-refractivity contribution in [3.8, 4) is 28.3 Å². The Morgan fingerprint density at radius 1 is 1.03 bits per heavy atom. The van der Waals surface area contributed by atoms with Gasteiger partial charge in [-0.15, -0.1) is 0 Å². The van der Waals surface area contributed by atoms with E-state index in [9.17, 15) is 13.2 Å². The number of nitrogen functional groups attached to an aromatic ring is 1. The number of anilines is 1. The van der Waals surface area contributed by atoms with E-state index in [0.29, 0.717) is 28.5 Å². The Labute approximate surface area is 170 Å². The monoisotopic (exact) mass is 413 g/mol. The second kappa shape index (κ2) is 7.01. The molecule has 0 unspecified atom stereocenters. The second-order valence-electron chi connectivity index (χ2n) is 6.87. The molecule has 0 saturated carbocycles. The molecule has 0 bridgehead atoms. The van der Waals surface area contributed by atoms with Gasteiger partial charge in [0.15, 0.2) is 5.65 Å². The fraction of sp³-hybridized carbons (Fsp3) is 0.190. The summed E-state index contributed by atoms with van der Waals surface area (Å²) >= 11 is 0. The maximum atomic E-state index is 13.3. The van der Waals surface area contributed by atoms with Crippen molar-refractivity contribution in [3.63, 3.8) is 0 Å². The number of aromatic nitrogens is 4. The number of rotatable bonds is 3. The molecule has 4 rings (SSSR count). The van der Waals surface area contributed by atoms with Crippen molar-refractivity contribution >= 4 is 11.5 Å². The molecule has 0 aliphatic carbocycles.